The molecule has 1 aromatic heterocycles. The summed E-state index contributed by atoms with van der Waals surface area (Å²) in [6.07, 6.45) is 1.70. The predicted molar refractivity (Wildman–Crippen MR) is 108 cm³/mol. The summed E-state index contributed by atoms with van der Waals surface area (Å²) in [5.74, 6) is 0.702. The number of aromatic nitrogens is 2. The molecular weight excluding hydrogens is 410 g/mol. The van der Waals surface area contributed by atoms with E-state index in [0.717, 1.165) is 17.4 Å². The molecule has 0 unspecified atom stereocenters. The Balaban J connectivity index is 1.41. The van der Waals surface area contributed by atoms with E-state index in [1.165, 1.54) is 4.31 Å². The number of sulfonamides is 1. The van der Waals surface area contributed by atoms with E-state index in [9.17, 15) is 13.2 Å². The molecule has 4 rings (SSSR count). The number of benzene rings is 2. The Morgan fingerprint density at radius 1 is 1.20 bits per heavy atom. The first-order valence-electron chi connectivity index (χ1n) is 9.10. The van der Waals surface area contributed by atoms with Gasteiger partial charge in [-0.1, -0.05) is 5.16 Å². The average molecular weight is 429 g/mol. The van der Waals surface area contributed by atoms with Gasteiger partial charge < -0.3 is 14.0 Å². The van der Waals surface area contributed by atoms with Crippen LogP contribution in [0.1, 0.15) is 21.7 Å². The van der Waals surface area contributed by atoms with Crippen LogP contribution in [-0.2, 0) is 27.8 Å². The maximum Gasteiger partial charge on any atom is 0.338 e. The highest BCUT2D eigenvalue weighted by atomic mass is 32.2. The third-order valence-electron chi connectivity index (χ3n) is 4.71. The number of ether oxygens (including phenoxy) is 2. The van der Waals surface area contributed by atoms with Crippen LogP contribution >= 0.6 is 0 Å². The molecule has 10 heteroatoms. The summed E-state index contributed by atoms with van der Waals surface area (Å²) in [5.41, 5.74) is 2.44. The lowest BCUT2D eigenvalue weighted by Gasteiger charge is -2.16. The monoisotopic (exact) mass is 429 g/mol. The molecule has 2 aromatic carbocycles. The molecule has 0 bridgehead atoms. The molecule has 30 heavy (non-hydrogen) atoms. The second-order valence-electron chi connectivity index (χ2n) is 6.75. The first-order chi connectivity index (χ1) is 14.3. The molecule has 0 radical (unpaired) electrons. The van der Waals surface area contributed by atoms with Crippen LogP contribution in [0.15, 0.2) is 47.0 Å². The van der Waals surface area contributed by atoms with Gasteiger partial charge in [-0.3, -0.25) is 4.31 Å². The third kappa shape index (κ3) is 3.99. The van der Waals surface area contributed by atoms with Gasteiger partial charge in [0, 0.05) is 12.1 Å². The van der Waals surface area contributed by atoms with Crippen molar-refractivity contribution in [3.63, 3.8) is 0 Å². The second-order valence-corrected chi connectivity index (χ2v) is 8.66. The van der Waals surface area contributed by atoms with Crippen molar-refractivity contribution in [1.82, 2.24) is 10.1 Å². The smallest absolute Gasteiger partial charge is 0.338 e. The second kappa shape index (κ2) is 7.79. The summed E-state index contributed by atoms with van der Waals surface area (Å²) in [7, 11) is -1.76. The molecule has 0 atom stereocenters. The van der Waals surface area contributed by atoms with Crippen molar-refractivity contribution in [2.45, 2.75) is 13.0 Å². The number of esters is 1. The highest BCUT2D eigenvalue weighted by molar-refractivity contribution is 7.92. The van der Waals surface area contributed by atoms with Crippen molar-refractivity contribution in [2.75, 3.05) is 24.2 Å². The van der Waals surface area contributed by atoms with E-state index in [2.05, 4.69) is 10.1 Å². The Morgan fingerprint density at radius 2 is 1.97 bits per heavy atom. The molecule has 156 valence electrons. The van der Waals surface area contributed by atoms with Gasteiger partial charge >= 0.3 is 5.97 Å². The molecule has 0 spiro atoms. The highest BCUT2D eigenvalue weighted by Crippen LogP contribution is 2.31. The van der Waals surface area contributed by atoms with Crippen molar-refractivity contribution in [3.05, 3.63) is 59.4 Å². The minimum atomic E-state index is -3.34. The van der Waals surface area contributed by atoms with Crippen LogP contribution in [0.5, 0.6) is 5.75 Å². The number of hydrogen-bond acceptors (Lipinski definition) is 8. The number of fused-ring (bicyclic) bond motifs is 1. The lowest BCUT2D eigenvalue weighted by molar-refractivity contribution is 0.0459. The number of carbonyl (C=O) groups excluding carboxylic acids is 1. The van der Waals surface area contributed by atoms with Gasteiger partial charge in [0.1, 0.15) is 5.75 Å². The van der Waals surface area contributed by atoms with Crippen molar-refractivity contribution >= 4 is 21.7 Å². The van der Waals surface area contributed by atoms with Gasteiger partial charge in [-0.25, -0.2) is 13.2 Å². The molecule has 0 saturated carbocycles. The minimum absolute atomic E-state index is 0.148. The maximum absolute atomic E-state index is 12.4. The Kier molecular flexibility index (Phi) is 5.17. The maximum atomic E-state index is 12.4. The predicted octanol–water partition coefficient (Wildman–Crippen LogP) is 2.42. The summed E-state index contributed by atoms with van der Waals surface area (Å²) in [6.45, 7) is 0.217. The lowest BCUT2D eigenvalue weighted by atomic mass is 10.1. The van der Waals surface area contributed by atoms with Crippen LogP contribution in [-0.4, -0.2) is 44.4 Å². The Hall–Kier alpha value is -3.40. The van der Waals surface area contributed by atoms with Crippen molar-refractivity contribution in [2.24, 2.45) is 0 Å². The van der Waals surface area contributed by atoms with Crippen molar-refractivity contribution in [1.29, 1.82) is 0 Å². The van der Waals surface area contributed by atoms with Crippen LogP contribution in [0.4, 0.5) is 5.69 Å². The summed E-state index contributed by atoms with van der Waals surface area (Å²) in [5, 5.41) is 3.83. The van der Waals surface area contributed by atoms with Gasteiger partial charge in [0.2, 0.25) is 15.8 Å². The summed E-state index contributed by atoms with van der Waals surface area (Å²) >= 11 is 0. The molecule has 0 N–H and O–H groups in total. The number of anilines is 1. The summed E-state index contributed by atoms with van der Waals surface area (Å²) in [6, 6.07) is 11.9. The molecule has 0 fully saturated rings. The van der Waals surface area contributed by atoms with Crippen LogP contribution in [0.3, 0.4) is 0 Å². The van der Waals surface area contributed by atoms with Crippen LogP contribution in [0.25, 0.3) is 11.5 Å². The van der Waals surface area contributed by atoms with Crippen molar-refractivity contribution < 1.29 is 27.2 Å². The van der Waals surface area contributed by atoms with Crippen LogP contribution < -0.4 is 9.04 Å². The van der Waals surface area contributed by atoms with E-state index in [-0.39, 0.29) is 12.4 Å². The van der Waals surface area contributed by atoms with E-state index in [0.29, 0.717) is 35.9 Å². The molecular formula is C20H19N3O6S. The van der Waals surface area contributed by atoms with Gasteiger partial charge in [0.15, 0.2) is 6.61 Å². The van der Waals surface area contributed by atoms with Gasteiger partial charge in [-0.05, 0) is 54.4 Å². The molecule has 0 saturated heterocycles. The molecule has 1 aliphatic rings. The Labute approximate surface area is 173 Å². The van der Waals surface area contributed by atoms with Crippen LogP contribution in [0, 0.1) is 0 Å². The first kappa shape index (κ1) is 19.9. The molecule has 0 aliphatic carbocycles. The molecule has 2 heterocycles. The summed E-state index contributed by atoms with van der Waals surface area (Å²) in [4.78, 5) is 16.6. The standard InChI is InChI=1S/C20H19N3O6S/c1-27-16-6-3-13(4-7-16)19-21-18(22-29-19)12-28-20(24)15-5-8-17-14(11-15)9-10-23(17)30(2,25)26/h3-8,11H,9-10,12H2,1-2H3. The van der Waals surface area contributed by atoms with Gasteiger partial charge in [-0.15, -0.1) is 0 Å². The molecule has 3 aromatic rings. The lowest BCUT2D eigenvalue weighted by Crippen LogP contribution is -2.27. The minimum Gasteiger partial charge on any atom is -0.497 e. The number of hydrogen-bond donors (Lipinski definition) is 0. The zero-order chi connectivity index (χ0) is 21.3. The number of nitrogens with zero attached hydrogens (tertiary/aromatic N) is 3. The number of rotatable bonds is 6. The number of methoxy groups -OCH3 is 1. The largest absolute Gasteiger partial charge is 0.497 e. The Morgan fingerprint density at radius 3 is 2.67 bits per heavy atom. The van der Waals surface area contributed by atoms with Gasteiger partial charge in [-0.2, -0.15) is 4.98 Å². The van der Waals surface area contributed by atoms with E-state index in [1.807, 2.05) is 0 Å². The van der Waals surface area contributed by atoms with Gasteiger partial charge in [0.05, 0.1) is 24.6 Å². The summed E-state index contributed by atoms with van der Waals surface area (Å²) < 4.78 is 40.6. The van der Waals surface area contributed by atoms with E-state index < -0.39 is 16.0 Å². The molecule has 0 amide bonds. The van der Waals surface area contributed by atoms with Crippen molar-refractivity contribution in [3.8, 4) is 17.2 Å². The molecule has 9 nitrogen and oxygen atoms in total. The molecule has 1 aliphatic heterocycles. The average Bonchev–Trinajstić information content (AvgIpc) is 3.38. The third-order valence-corrected chi connectivity index (χ3v) is 5.89. The normalized spacial score (nSPS) is 13.2. The van der Waals surface area contributed by atoms with E-state index in [4.69, 9.17) is 14.0 Å². The zero-order valence-corrected chi connectivity index (χ0v) is 17.2. The fourth-order valence-electron chi connectivity index (χ4n) is 3.22. The first-order valence-corrected chi connectivity index (χ1v) is 10.9. The van der Waals surface area contributed by atoms with E-state index in [1.54, 1.807) is 49.6 Å². The zero-order valence-electron chi connectivity index (χ0n) is 16.4. The fraction of sp³-hybridized carbons (Fsp3) is 0.250. The van der Waals surface area contributed by atoms with E-state index >= 15 is 0 Å². The topological polar surface area (TPSA) is 112 Å². The number of carbonyl (C=O) groups is 1. The quantitative estimate of drug-likeness (QED) is 0.549. The SMILES string of the molecule is COc1ccc(-c2nc(COC(=O)c3ccc4c(c3)CCN4S(C)(=O)=O)no2)cc1. The van der Waals surface area contributed by atoms with Crippen LogP contribution in [0.2, 0.25) is 0 Å². The highest BCUT2D eigenvalue weighted by Gasteiger charge is 2.27. The van der Waals surface area contributed by atoms with Gasteiger partial charge in [0.25, 0.3) is 5.89 Å². The Bertz CT molecular complexity index is 1190. The fourth-order valence-corrected chi connectivity index (χ4v) is 4.18.